The number of pyridine rings is 2. The summed E-state index contributed by atoms with van der Waals surface area (Å²) in [5, 5.41) is 0.664. The average Bonchev–Trinajstić information content (AvgIpc) is 3.51. The van der Waals surface area contributed by atoms with Gasteiger partial charge in [-0.25, -0.2) is 37.1 Å². The first-order valence-electron chi connectivity index (χ1n) is 11.7. The van der Waals surface area contributed by atoms with Crippen LogP contribution in [0.15, 0.2) is 62.9 Å². The molecule has 4 heterocycles. The summed E-state index contributed by atoms with van der Waals surface area (Å²) in [6.07, 6.45) is -0.784. The van der Waals surface area contributed by atoms with Crippen LogP contribution < -0.4 is 0 Å². The van der Waals surface area contributed by atoms with Crippen LogP contribution in [-0.2, 0) is 32.2 Å². The molecular weight excluding hydrogens is 692 g/mol. The maximum atomic E-state index is 12.7. The number of aromatic nitrogens is 2. The van der Waals surface area contributed by atoms with Crippen LogP contribution in [0.3, 0.4) is 0 Å². The first kappa shape index (κ1) is 35.5. The summed E-state index contributed by atoms with van der Waals surface area (Å²) in [4.78, 5) is 32.9. The number of halogens is 7. The number of carbonyl (C=O) groups excluding carboxylic acids is 2. The zero-order valence-electron chi connectivity index (χ0n) is 21.5. The summed E-state index contributed by atoms with van der Waals surface area (Å²) in [6.45, 7) is -0.554. The van der Waals surface area contributed by atoms with Crippen molar-refractivity contribution in [3.63, 3.8) is 0 Å². The fourth-order valence-electron chi connectivity index (χ4n) is 3.48. The Bertz CT molecular complexity index is 1280. The number of esters is 2. The van der Waals surface area contributed by atoms with Crippen LogP contribution in [0.25, 0.3) is 0 Å². The van der Waals surface area contributed by atoms with Crippen LogP contribution in [-0.4, -0.2) is 78.5 Å². The standard InChI is InChI=1S/C12H10BrClF2N2O2.C12H11ClF2N2O2.BHNS/c13-11-8(6-20-12(11)19)18(5-10(15)16)4-7-1-2-9(14)17-3-7;13-10-2-1-8(4-16-10)5-17(6-11(14)15)9-3-12(18)19-7-9;1-2-3/h1-3,10H,4-6H2;1-4,11H,5-7H2;3H. The predicted octanol–water partition coefficient (Wildman–Crippen LogP) is 5.39. The van der Waals surface area contributed by atoms with E-state index in [1.165, 1.54) is 28.3 Å². The van der Waals surface area contributed by atoms with E-state index < -0.39 is 37.9 Å². The van der Waals surface area contributed by atoms with E-state index in [0.29, 0.717) is 27.3 Å². The molecule has 0 spiro atoms. The molecule has 0 atom stereocenters. The normalized spacial score (nSPS) is 14.0. The van der Waals surface area contributed by atoms with Crippen LogP contribution in [0.2, 0.25) is 10.3 Å². The van der Waals surface area contributed by atoms with Crippen LogP contribution >= 0.6 is 51.9 Å². The van der Waals surface area contributed by atoms with Crippen LogP contribution in [0.4, 0.5) is 17.6 Å². The third-order valence-electron chi connectivity index (χ3n) is 5.25. The average molecular weight is 714 g/mol. The molecule has 0 saturated carbocycles. The van der Waals surface area contributed by atoms with E-state index in [-0.39, 0.29) is 30.8 Å². The molecule has 0 N–H and O–H groups in total. The third-order valence-corrected chi connectivity index (χ3v) is 6.48. The summed E-state index contributed by atoms with van der Waals surface area (Å²) in [6, 6.07) is 6.56. The van der Waals surface area contributed by atoms with Gasteiger partial charge in [-0.15, -0.1) is 0 Å². The Morgan fingerprint density at radius 3 is 1.81 bits per heavy atom. The summed E-state index contributed by atoms with van der Waals surface area (Å²) in [7, 11) is 4.34. The molecule has 2 aromatic heterocycles. The minimum atomic E-state index is -2.53. The molecule has 0 saturated heterocycles. The quantitative estimate of drug-likeness (QED) is 0.115. The number of thiol groups is 1. The molecule has 0 aliphatic carbocycles. The van der Waals surface area contributed by atoms with Crippen molar-refractivity contribution in [3.05, 3.63) is 80.0 Å². The van der Waals surface area contributed by atoms with Crippen molar-refractivity contribution in [2.24, 2.45) is 4.30 Å². The molecule has 0 bridgehead atoms. The molecule has 1 radical (unpaired) electrons. The molecule has 4 rings (SSSR count). The summed E-state index contributed by atoms with van der Waals surface area (Å²) in [5.74, 6) is -1.06. The fourth-order valence-corrected chi connectivity index (χ4v) is 4.19. The van der Waals surface area contributed by atoms with Gasteiger partial charge in [-0.3, -0.25) is 0 Å². The van der Waals surface area contributed by atoms with Gasteiger partial charge in [0, 0.05) is 31.6 Å². The molecule has 0 unspecified atom stereocenters. The van der Waals surface area contributed by atoms with E-state index in [2.05, 4.69) is 50.7 Å². The first-order chi connectivity index (χ1) is 19.9. The Labute approximate surface area is 263 Å². The van der Waals surface area contributed by atoms with Gasteiger partial charge < -0.3 is 19.3 Å². The molecule has 0 fully saturated rings. The van der Waals surface area contributed by atoms with E-state index >= 15 is 0 Å². The summed E-state index contributed by atoms with van der Waals surface area (Å²) in [5.41, 5.74) is 2.29. The van der Waals surface area contributed by atoms with Crippen LogP contribution in [0, 0.1) is 0 Å². The minimum absolute atomic E-state index is 0.0204. The first-order valence-corrected chi connectivity index (χ1v) is 13.6. The molecule has 2 aliphatic rings. The van der Waals surface area contributed by atoms with Crippen molar-refractivity contribution in [2.45, 2.75) is 25.9 Å². The number of carbonyl (C=O) groups is 2. The molecule has 225 valence electrons. The number of alkyl halides is 4. The molecule has 0 aromatic carbocycles. The Kier molecular flexibility index (Phi) is 15.3. The van der Waals surface area contributed by atoms with Gasteiger partial charge in [0.15, 0.2) is 0 Å². The van der Waals surface area contributed by atoms with Gasteiger partial charge in [0.1, 0.15) is 28.0 Å². The molecular formula is C24H22BBrCl2F4N5O4S. The zero-order chi connectivity index (χ0) is 31.2. The Hall–Kier alpha value is -2.69. The second kappa shape index (κ2) is 18.1. The summed E-state index contributed by atoms with van der Waals surface area (Å²) < 4.78 is 62.9. The van der Waals surface area contributed by atoms with Gasteiger partial charge >= 0.3 is 36.7 Å². The maximum absolute atomic E-state index is 12.7. The van der Waals surface area contributed by atoms with Gasteiger partial charge in [-0.05, 0) is 39.2 Å². The number of cyclic esters (lactones) is 2. The Morgan fingerprint density at radius 1 is 0.929 bits per heavy atom. The van der Waals surface area contributed by atoms with Crippen molar-refractivity contribution in [1.29, 1.82) is 0 Å². The summed E-state index contributed by atoms with van der Waals surface area (Å²) >= 11 is 17.6. The molecule has 9 nitrogen and oxygen atoms in total. The van der Waals surface area contributed by atoms with Crippen molar-refractivity contribution >= 4 is 71.5 Å². The Balaban J connectivity index is 0.000000269. The van der Waals surface area contributed by atoms with E-state index in [4.69, 9.17) is 32.7 Å². The second-order valence-electron chi connectivity index (χ2n) is 8.22. The fraction of sp³-hybridized carbons (Fsp3) is 0.333. The van der Waals surface area contributed by atoms with Crippen LogP contribution in [0.1, 0.15) is 11.1 Å². The van der Waals surface area contributed by atoms with Crippen molar-refractivity contribution in [1.82, 2.24) is 19.8 Å². The molecule has 18 heteroatoms. The van der Waals surface area contributed by atoms with Crippen LogP contribution in [0.5, 0.6) is 0 Å². The van der Waals surface area contributed by atoms with Gasteiger partial charge in [0.2, 0.25) is 0 Å². The van der Waals surface area contributed by atoms with Crippen molar-refractivity contribution < 1.29 is 36.6 Å². The second-order valence-corrected chi connectivity index (χ2v) is 10.0. The molecule has 2 aliphatic heterocycles. The monoisotopic (exact) mass is 712 g/mol. The zero-order valence-corrected chi connectivity index (χ0v) is 25.5. The van der Waals surface area contributed by atoms with Crippen molar-refractivity contribution in [3.8, 4) is 0 Å². The SMILES string of the molecule is O=C1C=C(N(Cc2ccc(Cl)nc2)CC(F)F)CO1.O=C1OCC(N(Cc2ccc(Cl)nc2)CC(F)F)=C1Br.[B]=NS. The van der Waals surface area contributed by atoms with Gasteiger partial charge in [0.25, 0.3) is 12.9 Å². The Morgan fingerprint density at radius 2 is 1.43 bits per heavy atom. The number of rotatable bonds is 10. The van der Waals surface area contributed by atoms with Gasteiger partial charge in [-0.1, -0.05) is 35.3 Å². The predicted molar refractivity (Wildman–Crippen MR) is 154 cm³/mol. The molecule has 2 aromatic rings. The number of nitrogens with zero attached hydrogens (tertiary/aromatic N) is 5. The van der Waals surface area contributed by atoms with E-state index in [9.17, 15) is 27.2 Å². The third kappa shape index (κ3) is 12.3. The van der Waals surface area contributed by atoms with E-state index in [0.717, 1.165) is 5.56 Å². The molecule has 42 heavy (non-hydrogen) atoms. The number of hydrogen-bond donors (Lipinski definition) is 1. The van der Waals surface area contributed by atoms with E-state index in [1.54, 1.807) is 24.3 Å². The number of ether oxygens (including phenoxy) is 2. The van der Waals surface area contributed by atoms with Crippen molar-refractivity contribution in [2.75, 3.05) is 26.3 Å². The van der Waals surface area contributed by atoms with E-state index in [1.807, 2.05) is 0 Å². The topological polar surface area (TPSA) is 97.2 Å². The number of hydrogen-bond acceptors (Lipinski definition) is 10. The molecule has 0 amide bonds. The van der Waals surface area contributed by atoms with Gasteiger partial charge in [0.05, 0.1) is 24.5 Å². The van der Waals surface area contributed by atoms with Gasteiger partial charge in [-0.2, -0.15) is 0 Å².